The highest BCUT2D eigenvalue weighted by Gasteiger charge is 2.29. The fraction of sp³-hybridized carbons (Fsp3) is 0.923. The Balaban J connectivity index is 2.53. The Morgan fingerprint density at radius 3 is 2.12 bits per heavy atom. The van der Waals surface area contributed by atoms with E-state index in [2.05, 4.69) is 31.4 Å². The zero-order valence-corrected chi connectivity index (χ0v) is 10.9. The van der Waals surface area contributed by atoms with E-state index < -0.39 is 0 Å². The first-order valence-electron chi connectivity index (χ1n) is 6.70. The number of nitrogens with one attached hydrogen (secondary N) is 2. The van der Waals surface area contributed by atoms with Crippen LogP contribution >= 0.6 is 0 Å². The molecule has 0 saturated carbocycles. The molecule has 0 aromatic carbocycles. The Kier molecular flexibility index (Phi) is 5.26. The van der Waals surface area contributed by atoms with Crippen LogP contribution < -0.4 is 10.6 Å². The summed E-state index contributed by atoms with van der Waals surface area (Å²) in [5.41, 5.74) is 0.0297. The molecule has 3 heteroatoms. The first kappa shape index (κ1) is 13.5. The van der Waals surface area contributed by atoms with Gasteiger partial charge < -0.3 is 10.6 Å². The Bertz CT molecular complexity index is 210. The number of carbonyl (C=O) groups excluding carboxylic acids is 1. The van der Waals surface area contributed by atoms with Crippen molar-refractivity contribution in [3.63, 3.8) is 0 Å². The van der Waals surface area contributed by atoms with Gasteiger partial charge in [-0.2, -0.15) is 0 Å². The van der Waals surface area contributed by atoms with Crippen molar-refractivity contribution in [2.45, 2.75) is 58.4 Å². The van der Waals surface area contributed by atoms with E-state index in [1.54, 1.807) is 0 Å². The second kappa shape index (κ2) is 6.24. The van der Waals surface area contributed by atoms with Crippen molar-refractivity contribution in [3.05, 3.63) is 0 Å². The molecule has 1 heterocycles. The lowest BCUT2D eigenvalue weighted by Crippen LogP contribution is -2.50. The van der Waals surface area contributed by atoms with Crippen molar-refractivity contribution in [2.75, 3.05) is 13.1 Å². The highest BCUT2D eigenvalue weighted by molar-refractivity contribution is 5.79. The van der Waals surface area contributed by atoms with E-state index in [0.29, 0.717) is 0 Å². The fourth-order valence-corrected chi connectivity index (χ4v) is 2.46. The largest absolute Gasteiger partial charge is 0.350 e. The molecule has 1 fully saturated rings. The first-order valence-corrected chi connectivity index (χ1v) is 6.70. The summed E-state index contributed by atoms with van der Waals surface area (Å²) in [6, 6.07) is 0. The maximum atomic E-state index is 12.2. The molecule has 1 amide bonds. The SMILES string of the molecule is CCC(CC)(CC)NC(=O)C1CCNCC1. The van der Waals surface area contributed by atoms with Gasteiger partial charge in [-0.1, -0.05) is 20.8 Å². The van der Waals surface area contributed by atoms with Crippen molar-refractivity contribution in [1.82, 2.24) is 10.6 Å². The molecule has 1 saturated heterocycles. The zero-order valence-electron chi connectivity index (χ0n) is 10.9. The quantitative estimate of drug-likeness (QED) is 0.753. The summed E-state index contributed by atoms with van der Waals surface area (Å²) in [6.07, 6.45) is 5.04. The third-order valence-corrected chi connectivity index (χ3v) is 4.13. The molecule has 0 atom stereocenters. The van der Waals surface area contributed by atoms with Crippen molar-refractivity contribution in [1.29, 1.82) is 0 Å². The maximum absolute atomic E-state index is 12.2. The minimum atomic E-state index is 0.0297. The topological polar surface area (TPSA) is 41.1 Å². The van der Waals surface area contributed by atoms with Crippen LogP contribution in [0.15, 0.2) is 0 Å². The van der Waals surface area contributed by atoms with Crippen molar-refractivity contribution in [3.8, 4) is 0 Å². The van der Waals surface area contributed by atoms with Gasteiger partial charge in [0.25, 0.3) is 0 Å². The minimum absolute atomic E-state index is 0.0297. The number of piperidine rings is 1. The summed E-state index contributed by atoms with van der Waals surface area (Å²) in [7, 11) is 0. The summed E-state index contributed by atoms with van der Waals surface area (Å²) in [5.74, 6) is 0.498. The Morgan fingerprint density at radius 2 is 1.69 bits per heavy atom. The first-order chi connectivity index (χ1) is 7.67. The van der Waals surface area contributed by atoms with Gasteiger partial charge in [0.1, 0.15) is 0 Å². The third kappa shape index (κ3) is 3.21. The second-order valence-corrected chi connectivity index (χ2v) is 4.85. The number of carbonyl (C=O) groups is 1. The summed E-state index contributed by atoms with van der Waals surface area (Å²) < 4.78 is 0. The number of amides is 1. The van der Waals surface area contributed by atoms with Gasteiger partial charge in [0.15, 0.2) is 0 Å². The molecule has 1 aliphatic heterocycles. The van der Waals surface area contributed by atoms with E-state index in [4.69, 9.17) is 0 Å². The molecule has 0 bridgehead atoms. The molecule has 1 aliphatic rings. The van der Waals surface area contributed by atoms with Gasteiger partial charge >= 0.3 is 0 Å². The van der Waals surface area contributed by atoms with Gasteiger partial charge in [-0.15, -0.1) is 0 Å². The average Bonchev–Trinajstić information content (AvgIpc) is 2.37. The van der Waals surface area contributed by atoms with E-state index >= 15 is 0 Å². The van der Waals surface area contributed by atoms with Gasteiger partial charge in [0.2, 0.25) is 5.91 Å². The Hall–Kier alpha value is -0.570. The lowest BCUT2D eigenvalue weighted by molar-refractivity contribution is -0.128. The molecule has 16 heavy (non-hydrogen) atoms. The monoisotopic (exact) mass is 226 g/mol. The molecule has 0 radical (unpaired) electrons. The fourth-order valence-electron chi connectivity index (χ4n) is 2.46. The van der Waals surface area contributed by atoms with Crippen molar-refractivity contribution in [2.24, 2.45) is 5.92 Å². The molecule has 3 nitrogen and oxygen atoms in total. The van der Waals surface area contributed by atoms with Crippen LogP contribution in [0.3, 0.4) is 0 Å². The number of hydrogen-bond acceptors (Lipinski definition) is 2. The minimum Gasteiger partial charge on any atom is -0.350 e. The van der Waals surface area contributed by atoms with Crippen LogP contribution in [0.5, 0.6) is 0 Å². The summed E-state index contributed by atoms with van der Waals surface area (Å²) in [5, 5.41) is 6.58. The van der Waals surface area contributed by atoms with Crippen LogP contribution in [0.25, 0.3) is 0 Å². The Labute approximate surface area is 99.4 Å². The average molecular weight is 226 g/mol. The number of hydrogen-bond donors (Lipinski definition) is 2. The predicted octanol–water partition coefficient (Wildman–Crippen LogP) is 2.07. The summed E-state index contributed by atoms with van der Waals surface area (Å²) in [6.45, 7) is 8.45. The van der Waals surface area contributed by atoms with Gasteiger partial charge in [-0.3, -0.25) is 4.79 Å². The van der Waals surface area contributed by atoms with Crippen molar-refractivity contribution >= 4 is 5.91 Å². The molecule has 0 aromatic rings. The summed E-state index contributed by atoms with van der Waals surface area (Å²) >= 11 is 0. The molecule has 1 rings (SSSR count). The highest BCUT2D eigenvalue weighted by Crippen LogP contribution is 2.21. The van der Waals surface area contributed by atoms with Crippen LogP contribution in [0.2, 0.25) is 0 Å². The normalized spacial score (nSPS) is 18.4. The van der Waals surface area contributed by atoms with Crippen LogP contribution in [-0.2, 0) is 4.79 Å². The highest BCUT2D eigenvalue weighted by atomic mass is 16.2. The van der Waals surface area contributed by atoms with Crippen LogP contribution in [-0.4, -0.2) is 24.5 Å². The van der Waals surface area contributed by atoms with Crippen LogP contribution in [0, 0.1) is 5.92 Å². The molecule has 0 aromatic heterocycles. The third-order valence-electron chi connectivity index (χ3n) is 4.13. The standard InChI is InChI=1S/C13H26N2O/c1-4-13(5-2,6-3)15-12(16)11-7-9-14-10-8-11/h11,14H,4-10H2,1-3H3,(H,15,16). The zero-order chi connectivity index (χ0) is 12.0. The van der Waals surface area contributed by atoms with Gasteiger partial charge in [-0.05, 0) is 45.2 Å². The molecule has 94 valence electrons. The summed E-state index contributed by atoms with van der Waals surface area (Å²) in [4.78, 5) is 12.2. The van der Waals surface area contributed by atoms with Crippen LogP contribution in [0.1, 0.15) is 52.9 Å². The molecular weight excluding hydrogens is 200 g/mol. The van der Waals surface area contributed by atoms with E-state index in [0.717, 1.165) is 45.2 Å². The Morgan fingerprint density at radius 1 is 1.19 bits per heavy atom. The molecule has 0 spiro atoms. The van der Waals surface area contributed by atoms with E-state index in [1.165, 1.54) is 0 Å². The lowest BCUT2D eigenvalue weighted by atomic mass is 9.88. The maximum Gasteiger partial charge on any atom is 0.223 e. The molecule has 0 aliphatic carbocycles. The lowest BCUT2D eigenvalue weighted by Gasteiger charge is -2.34. The van der Waals surface area contributed by atoms with Crippen molar-refractivity contribution < 1.29 is 4.79 Å². The van der Waals surface area contributed by atoms with Gasteiger partial charge in [0.05, 0.1) is 0 Å². The second-order valence-electron chi connectivity index (χ2n) is 4.85. The van der Waals surface area contributed by atoms with E-state index in [1.807, 2.05) is 0 Å². The number of rotatable bonds is 5. The molecular formula is C13H26N2O. The molecule has 2 N–H and O–H groups in total. The smallest absolute Gasteiger partial charge is 0.223 e. The van der Waals surface area contributed by atoms with Gasteiger partial charge in [-0.25, -0.2) is 0 Å². The van der Waals surface area contributed by atoms with E-state index in [9.17, 15) is 4.79 Å². The predicted molar refractivity (Wildman–Crippen MR) is 67.3 cm³/mol. The van der Waals surface area contributed by atoms with Crippen LogP contribution in [0.4, 0.5) is 0 Å². The van der Waals surface area contributed by atoms with E-state index in [-0.39, 0.29) is 17.4 Å². The van der Waals surface area contributed by atoms with Gasteiger partial charge in [0, 0.05) is 11.5 Å². The molecule has 0 unspecified atom stereocenters.